The largest absolute Gasteiger partial charge is 0.344 e. The van der Waals surface area contributed by atoms with Gasteiger partial charge in [0.1, 0.15) is 0 Å². The molecule has 2 aromatic rings. The predicted octanol–water partition coefficient (Wildman–Crippen LogP) is 0.939. The Morgan fingerprint density at radius 2 is 2.21 bits per heavy atom. The third kappa shape index (κ3) is 1.54. The fraction of sp³-hybridized carbons (Fsp3) is 0.333. The molecule has 2 rings (SSSR count). The Kier molecular flexibility index (Phi) is 2.32. The van der Waals surface area contributed by atoms with E-state index < -0.39 is 0 Å². The Balaban J connectivity index is 2.23. The maximum absolute atomic E-state index is 5.38. The lowest BCUT2D eigenvalue weighted by Crippen LogP contribution is -2.06. The molecule has 0 spiro atoms. The van der Waals surface area contributed by atoms with Crippen LogP contribution in [0.25, 0.3) is 0 Å². The van der Waals surface area contributed by atoms with Gasteiger partial charge >= 0.3 is 0 Å². The highest BCUT2D eigenvalue weighted by Gasteiger charge is 2.13. The van der Waals surface area contributed by atoms with E-state index in [1.807, 2.05) is 36.0 Å². The molecule has 1 atom stereocenters. The zero-order valence-corrected chi connectivity index (χ0v) is 7.92. The van der Waals surface area contributed by atoms with Crippen molar-refractivity contribution >= 4 is 0 Å². The van der Waals surface area contributed by atoms with Crippen molar-refractivity contribution in [3.05, 3.63) is 36.2 Å². The zero-order valence-electron chi connectivity index (χ0n) is 7.92. The summed E-state index contributed by atoms with van der Waals surface area (Å²) >= 11 is 0. The molecule has 5 heteroatoms. The van der Waals surface area contributed by atoms with Crippen LogP contribution < -0.4 is 5.73 Å². The monoisotopic (exact) mass is 192 g/mol. The lowest BCUT2D eigenvalue weighted by atomic mass is 10.3. The Morgan fingerprint density at radius 1 is 1.50 bits per heavy atom. The van der Waals surface area contributed by atoms with Gasteiger partial charge in [0, 0.05) is 12.4 Å². The molecule has 2 aromatic heterocycles. The number of hydrogen-bond acceptors (Lipinski definition) is 4. The number of hydrogen-bond donors (Lipinski definition) is 1. The molecule has 0 aliphatic heterocycles. The van der Waals surface area contributed by atoms with Crippen molar-refractivity contribution in [1.82, 2.24) is 14.7 Å². The third-order valence-corrected chi connectivity index (χ3v) is 2.11. The third-order valence-electron chi connectivity index (χ3n) is 2.11. The van der Waals surface area contributed by atoms with Gasteiger partial charge < -0.3 is 14.8 Å². The van der Waals surface area contributed by atoms with Crippen molar-refractivity contribution in [3.63, 3.8) is 0 Å². The minimum absolute atomic E-state index is 0.0778. The van der Waals surface area contributed by atoms with Gasteiger partial charge in [0.15, 0.2) is 5.82 Å². The normalized spacial score (nSPS) is 13.0. The quantitative estimate of drug-likeness (QED) is 0.785. The summed E-state index contributed by atoms with van der Waals surface area (Å²) in [4.78, 5) is 4.16. The molecule has 0 bridgehead atoms. The van der Waals surface area contributed by atoms with Crippen molar-refractivity contribution in [2.45, 2.75) is 19.5 Å². The fourth-order valence-corrected chi connectivity index (χ4v) is 1.26. The van der Waals surface area contributed by atoms with Gasteiger partial charge in [0.25, 0.3) is 0 Å². The average Bonchev–Trinajstić information content (AvgIpc) is 2.88. The van der Waals surface area contributed by atoms with Crippen LogP contribution in [0.1, 0.15) is 24.7 Å². The molecule has 2 heterocycles. The summed E-state index contributed by atoms with van der Waals surface area (Å²) in [6.07, 6.45) is 3.92. The molecular formula is C9H12N4O. The lowest BCUT2D eigenvalue weighted by molar-refractivity contribution is 0.369. The molecule has 74 valence electrons. The van der Waals surface area contributed by atoms with Crippen molar-refractivity contribution in [1.29, 1.82) is 0 Å². The molecule has 0 saturated carbocycles. The zero-order chi connectivity index (χ0) is 9.97. The molecule has 0 aromatic carbocycles. The lowest BCUT2D eigenvalue weighted by Gasteiger charge is -2.07. The van der Waals surface area contributed by atoms with Crippen molar-refractivity contribution < 1.29 is 4.52 Å². The number of nitrogens with two attached hydrogens (primary N) is 1. The van der Waals surface area contributed by atoms with Crippen LogP contribution in [0.2, 0.25) is 0 Å². The van der Waals surface area contributed by atoms with E-state index in [9.17, 15) is 0 Å². The van der Waals surface area contributed by atoms with Crippen LogP contribution in [0, 0.1) is 0 Å². The molecule has 0 radical (unpaired) electrons. The second-order valence-electron chi connectivity index (χ2n) is 3.06. The van der Waals surface area contributed by atoms with Gasteiger partial charge in [-0.15, -0.1) is 0 Å². The Morgan fingerprint density at radius 3 is 2.79 bits per heavy atom. The minimum Gasteiger partial charge on any atom is -0.344 e. The maximum Gasteiger partial charge on any atom is 0.240 e. The van der Waals surface area contributed by atoms with E-state index in [1.165, 1.54) is 0 Å². The molecule has 0 fully saturated rings. The van der Waals surface area contributed by atoms with Crippen LogP contribution in [0.5, 0.6) is 0 Å². The number of aromatic nitrogens is 3. The molecule has 0 saturated heterocycles. The molecule has 1 unspecified atom stereocenters. The average molecular weight is 192 g/mol. The second-order valence-corrected chi connectivity index (χ2v) is 3.06. The molecular weight excluding hydrogens is 180 g/mol. The molecule has 2 N–H and O–H groups in total. The Bertz CT molecular complexity index is 393. The van der Waals surface area contributed by atoms with E-state index in [0.29, 0.717) is 11.7 Å². The first kappa shape index (κ1) is 8.96. The van der Waals surface area contributed by atoms with Gasteiger partial charge in [-0.05, 0) is 19.1 Å². The van der Waals surface area contributed by atoms with Gasteiger partial charge in [-0.2, -0.15) is 4.98 Å². The van der Waals surface area contributed by atoms with Crippen LogP contribution in [0.3, 0.4) is 0 Å². The summed E-state index contributed by atoms with van der Waals surface area (Å²) < 4.78 is 6.94. The van der Waals surface area contributed by atoms with Crippen LogP contribution in [0.4, 0.5) is 0 Å². The van der Waals surface area contributed by atoms with E-state index in [2.05, 4.69) is 10.1 Å². The number of nitrogens with zero attached hydrogens (tertiary/aromatic N) is 3. The first-order chi connectivity index (χ1) is 6.81. The summed E-state index contributed by atoms with van der Waals surface area (Å²) in [6, 6.07) is 4.00. The summed E-state index contributed by atoms with van der Waals surface area (Å²) in [5, 5.41) is 3.86. The first-order valence-corrected chi connectivity index (χ1v) is 4.46. The van der Waals surface area contributed by atoms with E-state index in [1.54, 1.807) is 0 Å². The highest BCUT2D eigenvalue weighted by Crippen LogP contribution is 2.14. The van der Waals surface area contributed by atoms with Crippen LogP contribution in [-0.4, -0.2) is 14.7 Å². The standard InChI is InChI=1S/C9H12N4O/c1-7(13-4-2-3-5-13)9-11-8(6-10)14-12-9/h2-5,7H,6,10H2,1H3. The Labute approximate surface area is 81.5 Å². The van der Waals surface area contributed by atoms with Gasteiger partial charge in [-0.1, -0.05) is 5.16 Å². The van der Waals surface area contributed by atoms with E-state index in [0.717, 1.165) is 0 Å². The maximum atomic E-state index is 5.38. The van der Waals surface area contributed by atoms with E-state index in [4.69, 9.17) is 10.3 Å². The summed E-state index contributed by atoms with van der Waals surface area (Å²) in [5.74, 6) is 1.13. The van der Waals surface area contributed by atoms with Crippen LogP contribution >= 0.6 is 0 Å². The van der Waals surface area contributed by atoms with E-state index >= 15 is 0 Å². The summed E-state index contributed by atoms with van der Waals surface area (Å²) in [6.45, 7) is 2.29. The van der Waals surface area contributed by atoms with Gasteiger partial charge in [0.05, 0.1) is 12.6 Å². The molecule has 0 aliphatic carbocycles. The molecule has 5 nitrogen and oxygen atoms in total. The first-order valence-electron chi connectivity index (χ1n) is 4.46. The Hall–Kier alpha value is -1.62. The predicted molar refractivity (Wildman–Crippen MR) is 50.4 cm³/mol. The molecule has 0 amide bonds. The SMILES string of the molecule is CC(c1noc(CN)n1)n1cccc1. The smallest absolute Gasteiger partial charge is 0.240 e. The van der Waals surface area contributed by atoms with Gasteiger partial charge in [-0.25, -0.2) is 0 Å². The second kappa shape index (κ2) is 3.63. The van der Waals surface area contributed by atoms with Gasteiger partial charge in [-0.3, -0.25) is 0 Å². The highest BCUT2D eigenvalue weighted by molar-refractivity contribution is 5.00. The summed E-state index contributed by atoms with van der Waals surface area (Å²) in [7, 11) is 0. The van der Waals surface area contributed by atoms with E-state index in [-0.39, 0.29) is 12.6 Å². The topological polar surface area (TPSA) is 69.9 Å². The summed E-state index contributed by atoms with van der Waals surface area (Å²) in [5.41, 5.74) is 5.38. The van der Waals surface area contributed by atoms with Crippen molar-refractivity contribution in [2.75, 3.05) is 0 Å². The fourth-order valence-electron chi connectivity index (χ4n) is 1.26. The minimum atomic E-state index is 0.0778. The highest BCUT2D eigenvalue weighted by atomic mass is 16.5. The van der Waals surface area contributed by atoms with Crippen LogP contribution in [0.15, 0.2) is 29.0 Å². The molecule has 14 heavy (non-hydrogen) atoms. The van der Waals surface area contributed by atoms with Crippen LogP contribution in [-0.2, 0) is 6.54 Å². The number of rotatable bonds is 3. The van der Waals surface area contributed by atoms with Crippen molar-refractivity contribution in [2.24, 2.45) is 5.73 Å². The van der Waals surface area contributed by atoms with Gasteiger partial charge in [0.2, 0.25) is 5.89 Å². The molecule has 0 aliphatic rings. The van der Waals surface area contributed by atoms with Crippen molar-refractivity contribution in [3.8, 4) is 0 Å².